The molecule has 4 heteroatoms. The minimum atomic E-state index is -0.343. The number of amides is 1. The zero-order valence-electron chi connectivity index (χ0n) is 9.50. The minimum Gasteiger partial charge on any atom is -0.410 e. The van der Waals surface area contributed by atoms with Crippen LogP contribution in [0.5, 0.6) is 5.75 Å². The van der Waals surface area contributed by atoms with Gasteiger partial charge < -0.3 is 9.64 Å². The van der Waals surface area contributed by atoms with Crippen molar-refractivity contribution in [3.05, 3.63) is 52.7 Å². The topological polar surface area (TPSA) is 29.5 Å². The maximum Gasteiger partial charge on any atom is 0.415 e. The van der Waals surface area contributed by atoms with Gasteiger partial charge in [0.15, 0.2) is 0 Å². The molecule has 0 saturated carbocycles. The van der Waals surface area contributed by atoms with Crippen LogP contribution in [0.1, 0.15) is 4.88 Å². The third-order valence-electron chi connectivity index (χ3n) is 2.23. The Morgan fingerprint density at radius 2 is 2.00 bits per heavy atom. The second kappa shape index (κ2) is 5.50. The van der Waals surface area contributed by atoms with Gasteiger partial charge in [0.2, 0.25) is 0 Å². The Morgan fingerprint density at radius 3 is 2.65 bits per heavy atom. The molecule has 0 saturated heterocycles. The van der Waals surface area contributed by atoms with Gasteiger partial charge in [-0.2, -0.15) is 0 Å². The summed E-state index contributed by atoms with van der Waals surface area (Å²) in [6.45, 7) is 0.573. The Balaban J connectivity index is 1.92. The van der Waals surface area contributed by atoms with Gasteiger partial charge >= 0.3 is 6.09 Å². The largest absolute Gasteiger partial charge is 0.415 e. The maximum absolute atomic E-state index is 11.7. The summed E-state index contributed by atoms with van der Waals surface area (Å²) >= 11 is 1.63. The van der Waals surface area contributed by atoms with Crippen LogP contribution in [0.3, 0.4) is 0 Å². The maximum atomic E-state index is 11.7. The van der Waals surface area contributed by atoms with Crippen LogP contribution in [0, 0.1) is 0 Å². The van der Waals surface area contributed by atoms with Crippen molar-refractivity contribution in [3.8, 4) is 5.75 Å². The van der Waals surface area contributed by atoms with E-state index in [4.69, 9.17) is 4.74 Å². The Kier molecular flexibility index (Phi) is 3.77. The summed E-state index contributed by atoms with van der Waals surface area (Å²) in [7, 11) is 1.73. The molecule has 1 aromatic carbocycles. The lowest BCUT2D eigenvalue weighted by molar-refractivity contribution is 0.161. The number of carbonyl (C=O) groups is 1. The first-order chi connectivity index (χ1) is 8.25. The van der Waals surface area contributed by atoms with E-state index in [9.17, 15) is 4.79 Å². The number of ether oxygens (including phenoxy) is 1. The van der Waals surface area contributed by atoms with E-state index in [1.54, 1.807) is 35.4 Å². The molecule has 0 fully saturated rings. The van der Waals surface area contributed by atoms with Crippen molar-refractivity contribution in [2.24, 2.45) is 0 Å². The van der Waals surface area contributed by atoms with Crippen molar-refractivity contribution in [3.63, 3.8) is 0 Å². The molecule has 0 aliphatic rings. The van der Waals surface area contributed by atoms with E-state index < -0.39 is 0 Å². The summed E-state index contributed by atoms with van der Waals surface area (Å²) in [5.41, 5.74) is 0. The number of rotatable bonds is 3. The number of benzene rings is 1. The lowest BCUT2D eigenvalue weighted by Gasteiger charge is -2.15. The predicted molar refractivity (Wildman–Crippen MR) is 68.3 cm³/mol. The molecule has 0 unspecified atom stereocenters. The molecule has 88 valence electrons. The van der Waals surface area contributed by atoms with Crippen LogP contribution >= 0.6 is 11.3 Å². The minimum absolute atomic E-state index is 0.343. The van der Waals surface area contributed by atoms with Gasteiger partial charge in [0.05, 0.1) is 6.54 Å². The highest BCUT2D eigenvalue weighted by Gasteiger charge is 2.11. The quantitative estimate of drug-likeness (QED) is 0.832. The van der Waals surface area contributed by atoms with Crippen LogP contribution in [0.4, 0.5) is 4.79 Å². The highest BCUT2D eigenvalue weighted by atomic mass is 32.1. The van der Waals surface area contributed by atoms with Gasteiger partial charge in [-0.3, -0.25) is 0 Å². The van der Waals surface area contributed by atoms with Crippen molar-refractivity contribution in [1.82, 2.24) is 4.90 Å². The molecule has 0 spiro atoms. The third-order valence-corrected chi connectivity index (χ3v) is 3.09. The molecule has 1 heterocycles. The number of para-hydroxylation sites is 1. The molecule has 0 atom stereocenters. The van der Waals surface area contributed by atoms with E-state index in [1.165, 1.54) is 0 Å². The number of nitrogens with zero attached hydrogens (tertiary/aromatic N) is 1. The number of carbonyl (C=O) groups excluding carboxylic acids is 1. The Labute approximate surface area is 104 Å². The molecule has 2 rings (SSSR count). The zero-order valence-corrected chi connectivity index (χ0v) is 10.3. The molecule has 0 radical (unpaired) electrons. The highest BCUT2D eigenvalue weighted by molar-refractivity contribution is 7.09. The molecular weight excluding hydrogens is 234 g/mol. The van der Waals surface area contributed by atoms with Crippen molar-refractivity contribution < 1.29 is 9.53 Å². The van der Waals surface area contributed by atoms with Gasteiger partial charge in [0, 0.05) is 11.9 Å². The van der Waals surface area contributed by atoms with Crippen LogP contribution in [-0.2, 0) is 6.54 Å². The molecule has 0 N–H and O–H groups in total. The van der Waals surface area contributed by atoms with Crippen LogP contribution in [0.15, 0.2) is 47.8 Å². The highest BCUT2D eigenvalue weighted by Crippen LogP contribution is 2.13. The molecule has 3 nitrogen and oxygen atoms in total. The van der Waals surface area contributed by atoms with Gasteiger partial charge in [-0.1, -0.05) is 24.3 Å². The standard InChI is InChI=1S/C13H13NO2S/c1-14(10-12-8-5-9-17-12)13(15)16-11-6-3-2-4-7-11/h2-9H,10H2,1H3. The summed E-state index contributed by atoms with van der Waals surface area (Å²) in [5, 5.41) is 1.99. The number of hydrogen-bond donors (Lipinski definition) is 0. The second-order valence-corrected chi connectivity index (χ2v) is 4.65. The molecule has 17 heavy (non-hydrogen) atoms. The first kappa shape index (κ1) is 11.7. The normalized spacial score (nSPS) is 9.94. The molecule has 0 aliphatic heterocycles. The van der Waals surface area contributed by atoms with Crippen molar-refractivity contribution in [2.75, 3.05) is 7.05 Å². The van der Waals surface area contributed by atoms with Crippen LogP contribution in [-0.4, -0.2) is 18.0 Å². The van der Waals surface area contributed by atoms with Gasteiger partial charge in [-0.15, -0.1) is 11.3 Å². The van der Waals surface area contributed by atoms with Crippen molar-refractivity contribution >= 4 is 17.4 Å². The van der Waals surface area contributed by atoms with E-state index in [0.717, 1.165) is 4.88 Å². The smallest absolute Gasteiger partial charge is 0.410 e. The van der Waals surface area contributed by atoms with Gasteiger partial charge in [-0.25, -0.2) is 4.79 Å². The number of thiophene rings is 1. The Morgan fingerprint density at radius 1 is 1.24 bits per heavy atom. The van der Waals surface area contributed by atoms with Gasteiger partial charge in [-0.05, 0) is 23.6 Å². The van der Waals surface area contributed by atoms with E-state index in [2.05, 4.69) is 0 Å². The predicted octanol–water partition coefficient (Wildman–Crippen LogP) is 3.38. The third kappa shape index (κ3) is 3.32. The van der Waals surface area contributed by atoms with E-state index >= 15 is 0 Å². The van der Waals surface area contributed by atoms with Gasteiger partial charge in [0.25, 0.3) is 0 Å². The fourth-order valence-electron chi connectivity index (χ4n) is 1.37. The monoisotopic (exact) mass is 247 g/mol. The molecule has 0 bridgehead atoms. The van der Waals surface area contributed by atoms with Crippen LogP contribution < -0.4 is 4.74 Å². The summed E-state index contributed by atoms with van der Waals surface area (Å²) in [5.74, 6) is 0.565. The van der Waals surface area contributed by atoms with Gasteiger partial charge in [0.1, 0.15) is 5.75 Å². The average molecular weight is 247 g/mol. The van der Waals surface area contributed by atoms with Crippen LogP contribution in [0.25, 0.3) is 0 Å². The molecule has 2 aromatic rings. The average Bonchev–Trinajstić information content (AvgIpc) is 2.83. The molecule has 1 aromatic heterocycles. The van der Waals surface area contributed by atoms with E-state index in [1.807, 2.05) is 35.7 Å². The Hall–Kier alpha value is -1.81. The fourth-order valence-corrected chi connectivity index (χ4v) is 2.13. The first-order valence-corrected chi connectivity index (χ1v) is 6.14. The lowest BCUT2D eigenvalue weighted by atomic mass is 10.3. The fraction of sp³-hybridized carbons (Fsp3) is 0.154. The lowest BCUT2D eigenvalue weighted by Crippen LogP contribution is -2.28. The zero-order chi connectivity index (χ0) is 12.1. The number of hydrogen-bond acceptors (Lipinski definition) is 3. The van der Waals surface area contributed by atoms with Crippen LogP contribution in [0.2, 0.25) is 0 Å². The van der Waals surface area contributed by atoms with E-state index in [0.29, 0.717) is 12.3 Å². The molecule has 0 aliphatic carbocycles. The second-order valence-electron chi connectivity index (χ2n) is 3.62. The molecule has 1 amide bonds. The summed E-state index contributed by atoms with van der Waals surface area (Å²) in [6, 6.07) is 13.0. The summed E-state index contributed by atoms with van der Waals surface area (Å²) in [6.07, 6.45) is -0.343. The summed E-state index contributed by atoms with van der Waals surface area (Å²) < 4.78 is 5.22. The first-order valence-electron chi connectivity index (χ1n) is 5.26. The van der Waals surface area contributed by atoms with Crippen molar-refractivity contribution in [1.29, 1.82) is 0 Å². The van der Waals surface area contributed by atoms with E-state index in [-0.39, 0.29) is 6.09 Å². The molecular formula is C13H13NO2S. The summed E-state index contributed by atoms with van der Waals surface area (Å²) in [4.78, 5) is 14.4. The SMILES string of the molecule is CN(Cc1cccs1)C(=O)Oc1ccccc1. The van der Waals surface area contributed by atoms with Crippen molar-refractivity contribution in [2.45, 2.75) is 6.54 Å². The Bertz CT molecular complexity index is 467.